The largest absolute Gasteiger partial charge is 0.381 e. The van der Waals surface area contributed by atoms with E-state index in [0.29, 0.717) is 6.04 Å². The summed E-state index contributed by atoms with van der Waals surface area (Å²) in [4.78, 5) is 14.6. The van der Waals surface area contributed by atoms with Crippen molar-refractivity contribution >= 4 is 11.6 Å². The predicted molar refractivity (Wildman–Crippen MR) is 90.2 cm³/mol. The van der Waals surface area contributed by atoms with Gasteiger partial charge in [0.05, 0.1) is 0 Å². The first-order valence-electron chi connectivity index (χ1n) is 7.90. The number of aryl methyl sites for hydroxylation is 1. The summed E-state index contributed by atoms with van der Waals surface area (Å²) in [6, 6.07) is 18.4. The van der Waals surface area contributed by atoms with Crippen LogP contribution in [-0.2, 0) is 0 Å². The van der Waals surface area contributed by atoms with Gasteiger partial charge in [-0.2, -0.15) is 0 Å². The zero-order valence-corrected chi connectivity index (χ0v) is 13.0. The van der Waals surface area contributed by atoms with Gasteiger partial charge in [-0.05, 0) is 44.0 Å². The number of rotatable bonds is 3. The van der Waals surface area contributed by atoms with E-state index < -0.39 is 0 Å². The Morgan fingerprint density at radius 2 is 1.82 bits per heavy atom. The summed E-state index contributed by atoms with van der Waals surface area (Å²) in [6.45, 7) is 3.65. The van der Waals surface area contributed by atoms with E-state index in [1.165, 1.54) is 5.56 Å². The predicted octanol–water partition coefficient (Wildman–Crippen LogP) is 3.71. The van der Waals surface area contributed by atoms with Gasteiger partial charge in [0.25, 0.3) is 5.91 Å². The molecule has 0 spiro atoms. The van der Waals surface area contributed by atoms with Crippen LogP contribution in [0.3, 0.4) is 0 Å². The maximum atomic E-state index is 12.6. The Kier molecular flexibility index (Phi) is 4.42. The molecule has 1 unspecified atom stereocenters. The lowest BCUT2D eigenvalue weighted by Gasteiger charge is -2.33. The van der Waals surface area contributed by atoms with Gasteiger partial charge in [-0.1, -0.05) is 35.9 Å². The Bertz CT molecular complexity index is 622. The van der Waals surface area contributed by atoms with Gasteiger partial charge in [0, 0.05) is 30.4 Å². The average Bonchev–Trinajstić information content (AvgIpc) is 2.56. The first kappa shape index (κ1) is 14.6. The van der Waals surface area contributed by atoms with Crippen molar-refractivity contribution in [2.75, 3.05) is 18.4 Å². The molecular formula is C19H22N2O. The van der Waals surface area contributed by atoms with Crippen molar-refractivity contribution in [2.24, 2.45) is 0 Å². The summed E-state index contributed by atoms with van der Waals surface area (Å²) < 4.78 is 0. The Balaban J connectivity index is 1.65. The minimum atomic E-state index is 0.138. The van der Waals surface area contributed by atoms with E-state index in [1.807, 2.05) is 54.3 Å². The van der Waals surface area contributed by atoms with Crippen molar-refractivity contribution < 1.29 is 4.79 Å². The van der Waals surface area contributed by atoms with Crippen LogP contribution in [0.25, 0.3) is 0 Å². The number of carbonyl (C=O) groups excluding carboxylic acids is 1. The summed E-state index contributed by atoms with van der Waals surface area (Å²) in [5, 5.41) is 3.53. The molecule has 1 atom stereocenters. The number of nitrogens with zero attached hydrogens (tertiary/aromatic N) is 1. The highest BCUT2D eigenvalue weighted by Gasteiger charge is 2.24. The van der Waals surface area contributed by atoms with Crippen LogP contribution in [0.2, 0.25) is 0 Å². The number of likely N-dealkylation sites (tertiary alicyclic amines) is 1. The molecule has 3 nitrogen and oxygen atoms in total. The first-order valence-corrected chi connectivity index (χ1v) is 7.90. The minimum absolute atomic E-state index is 0.138. The molecule has 22 heavy (non-hydrogen) atoms. The summed E-state index contributed by atoms with van der Waals surface area (Å²) in [6.07, 6.45) is 2.15. The number of carbonyl (C=O) groups is 1. The summed E-state index contributed by atoms with van der Waals surface area (Å²) in [7, 11) is 0. The van der Waals surface area contributed by atoms with Crippen molar-refractivity contribution in [1.29, 1.82) is 0 Å². The van der Waals surface area contributed by atoms with Crippen LogP contribution in [-0.4, -0.2) is 29.9 Å². The van der Waals surface area contributed by atoms with Crippen LogP contribution >= 0.6 is 0 Å². The van der Waals surface area contributed by atoms with Crippen LogP contribution in [0.1, 0.15) is 28.8 Å². The van der Waals surface area contributed by atoms with E-state index in [9.17, 15) is 4.79 Å². The van der Waals surface area contributed by atoms with Gasteiger partial charge < -0.3 is 10.2 Å². The number of anilines is 1. The molecule has 1 aliphatic heterocycles. The van der Waals surface area contributed by atoms with Gasteiger partial charge in [-0.3, -0.25) is 4.79 Å². The molecule has 114 valence electrons. The smallest absolute Gasteiger partial charge is 0.253 e. The van der Waals surface area contributed by atoms with Gasteiger partial charge in [0.2, 0.25) is 0 Å². The number of hydrogen-bond acceptors (Lipinski definition) is 2. The molecule has 0 aromatic heterocycles. The molecule has 2 aromatic carbocycles. The van der Waals surface area contributed by atoms with Crippen LogP contribution < -0.4 is 5.32 Å². The van der Waals surface area contributed by atoms with Crippen molar-refractivity contribution in [1.82, 2.24) is 4.90 Å². The van der Waals surface area contributed by atoms with Gasteiger partial charge in [0.15, 0.2) is 0 Å². The van der Waals surface area contributed by atoms with Crippen molar-refractivity contribution in [3.05, 3.63) is 65.7 Å². The maximum absolute atomic E-state index is 12.6. The summed E-state index contributed by atoms with van der Waals surface area (Å²) >= 11 is 0. The third-order valence-corrected chi connectivity index (χ3v) is 4.15. The number of amides is 1. The maximum Gasteiger partial charge on any atom is 0.253 e. The molecule has 1 N–H and O–H groups in total. The number of hydrogen-bond donors (Lipinski definition) is 1. The Morgan fingerprint density at radius 1 is 1.09 bits per heavy atom. The molecule has 1 fully saturated rings. The molecule has 0 aliphatic carbocycles. The molecular weight excluding hydrogens is 272 g/mol. The summed E-state index contributed by atoms with van der Waals surface area (Å²) in [5.74, 6) is 0.138. The number of para-hydroxylation sites is 1. The number of nitrogens with one attached hydrogen (secondary N) is 1. The highest BCUT2D eigenvalue weighted by atomic mass is 16.2. The fraction of sp³-hybridized carbons (Fsp3) is 0.316. The average molecular weight is 294 g/mol. The number of piperidine rings is 1. The van der Waals surface area contributed by atoms with E-state index in [1.54, 1.807) is 0 Å². The first-order chi connectivity index (χ1) is 10.7. The highest BCUT2D eigenvalue weighted by Crippen LogP contribution is 2.18. The molecule has 1 amide bonds. The van der Waals surface area contributed by atoms with E-state index in [4.69, 9.17) is 0 Å². The third kappa shape index (κ3) is 3.48. The normalized spacial score (nSPS) is 18.0. The zero-order chi connectivity index (χ0) is 15.4. The zero-order valence-electron chi connectivity index (χ0n) is 13.0. The Morgan fingerprint density at radius 3 is 2.55 bits per heavy atom. The van der Waals surface area contributed by atoms with Crippen molar-refractivity contribution in [3.63, 3.8) is 0 Å². The van der Waals surface area contributed by atoms with Gasteiger partial charge in [-0.15, -0.1) is 0 Å². The fourth-order valence-electron chi connectivity index (χ4n) is 2.93. The minimum Gasteiger partial charge on any atom is -0.381 e. The van der Waals surface area contributed by atoms with Gasteiger partial charge in [-0.25, -0.2) is 0 Å². The topological polar surface area (TPSA) is 32.3 Å². The molecule has 3 rings (SSSR count). The quantitative estimate of drug-likeness (QED) is 0.936. The summed E-state index contributed by atoms with van der Waals surface area (Å²) in [5.41, 5.74) is 3.09. The molecule has 2 aromatic rings. The molecule has 1 heterocycles. The SMILES string of the molecule is Cc1ccc(C(=O)N2CCCC(Nc3ccccc3)C2)cc1. The highest BCUT2D eigenvalue weighted by molar-refractivity contribution is 5.94. The lowest BCUT2D eigenvalue weighted by molar-refractivity contribution is 0.0715. The lowest BCUT2D eigenvalue weighted by atomic mass is 10.0. The van der Waals surface area contributed by atoms with Crippen molar-refractivity contribution in [2.45, 2.75) is 25.8 Å². The third-order valence-electron chi connectivity index (χ3n) is 4.15. The van der Waals surface area contributed by atoms with E-state index in [2.05, 4.69) is 17.4 Å². The molecule has 3 heteroatoms. The van der Waals surface area contributed by atoms with Crippen LogP contribution in [0.4, 0.5) is 5.69 Å². The second-order valence-electron chi connectivity index (χ2n) is 5.97. The van der Waals surface area contributed by atoms with E-state index >= 15 is 0 Å². The van der Waals surface area contributed by atoms with Crippen LogP contribution in [0.15, 0.2) is 54.6 Å². The monoisotopic (exact) mass is 294 g/mol. The van der Waals surface area contributed by atoms with Crippen LogP contribution in [0.5, 0.6) is 0 Å². The number of benzene rings is 2. The fourth-order valence-corrected chi connectivity index (χ4v) is 2.93. The van der Waals surface area contributed by atoms with Crippen LogP contribution in [0, 0.1) is 6.92 Å². The standard InChI is InChI=1S/C19H22N2O/c1-15-9-11-16(12-10-15)19(22)21-13-5-8-18(14-21)20-17-6-3-2-4-7-17/h2-4,6-7,9-12,18,20H,5,8,13-14H2,1H3. The second kappa shape index (κ2) is 6.65. The molecule has 1 saturated heterocycles. The second-order valence-corrected chi connectivity index (χ2v) is 5.97. The Labute approximate surface area is 132 Å². The van der Waals surface area contributed by atoms with E-state index in [-0.39, 0.29) is 5.91 Å². The lowest BCUT2D eigenvalue weighted by Crippen LogP contribution is -2.45. The van der Waals surface area contributed by atoms with Gasteiger partial charge >= 0.3 is 0 Å². The molecule has 0 saturated carbocycles. The molecule has 1 aliphatic rings. The molecule has 0 bridgehead atoms. The van der Waals surface area contributed by atoms with Gasteiger partial charge in [0.1, 0.15) is 0 Å². The molecule has 0 radical (unpaired) electrons. The van der Waals surface area contributed by atoms with Crippen molar-refractivity contribution in [3.8, 4) is 0 Å². The Hall–Kier alpha value is -2.29. The van der Waals surface area contributed by atoms with E-state index in [0.717, 1.165) is 37.2 Å².